The number of hydrogen-bond donors (Lipinski definition) is 1. The van der Waals surface area contributed by atoms with E-state index in [1.807, 2.05) is 6.08 Å². The molecule has 15 heavy (non-hydrogen) atoms. The number of nitrogens with one attached hydrogen (secondary N) is 1. The van der Waals surface area contributed by atoms with Gasteiger partial charge in [0.25, 0.3) is 0 Å². The summed E-state index contributed by atoms with van der Waals surface area (Å²) < 4.78 is 0. The van der Waals surface area contributed by atoms with Crippen molar-refractivity contribution in [3.63, 3.8) is 0 Å². The quantitative estimate of drug-likeness (QED) is 0.722. The molecule has 0 spiro atoms. The Balaban J connectivity index is 1.98. The largest absolute Gasteiger partial charge is 0.316 e. The molecule has 80 valence electrons. The molecule has 3 unspecified atom stereocenters. The summed E-state index contributed by atoms with van der Waals surface area (Å²) in [5, 5.41) is 3.39. The average Bonchev–Trinajstić information content (AvgIpc) is 3.07. The van der Waals surface area contributed by atoms with Crippen LogP contribution in [0.15, 0.2) is 43.0 Å². The Labute approximate surface area is 92.2 Å². The minimum absolute atomic E-state index is 0.604. The van der Waals surface area contributed by atoms with Crippen molar-refractivity contribution in [2.45, 2.75) is 24.8 Å². The minimum Gasteiger partial charge on any atom is -0.316 e. The lowest BCUT2D eigenvalue weighted by molar-refractivity contribution is 0.499. The Hall–Kier alpha value is -1.08. The van der Waals surface area contributed by atoms with Crippen molar-refractivity contribution >= 4 is 0 Å². The molecular formula is C14H19N. The highest BCUT2D eigenvalue weighted by Crippen LogP contribution is 2.50. The SMILES string of the molecule is C=CCC(NC)C1CC1c1ccccc1. The molecule has 1 nitrogen and oxygen atoms in total. The zero-order chi connectivity index (χ0) is 10.7. The van der Waals surface area contributed by atoms with Gasteiger partial charge >= 0.3 is 0 Å². The van der Waals surface area contributed by atoms with Gasteiger partial charge in [-0.15, -0.1) is 6.58 Å². The Morgan fingerprint density at radius 3 is 2.80 bits per heavy atom. The molecule has 1 aliphatic carbocycles. The van der Waals surface area contributed by atoms with Crippen LogP contribution in [0.25, 0.3) is 0 Å². The fourth-order valence-electron chi connectivity index (χ4n) is 2.43. The van der Waals surface area contributed by atoms with Gasteiger partial charge in [-0.3, -0.25) is 0 Å². The predicted molar refractivity (Wildman–Crippen MR) is 65.0 cm³/mol. The highest BCUT2D eigenvalue weighted by molar-refractivity contribution is 5.26. The van der Waals surface area contributed by atoms with E-state index in [9.17, 15) is 0 Å². The van der Waals surface area contributed by atoms with Gasteiger partial charge in [0.1, 0.15) is 0 Å². The summed E-state index contributed by atoms with van der Waals surface area (Å²) in [6.07, 6.45) is 4.41. The molecule has 1 aromatic rings. The Morgan fingerprint density at radius 2 is 2.20 bits per heavy atom. The lowest BCUT2D eigenvalue weighted by Crippen LogP contribution is -2.27. The van der Waals surface area contributed by atoms with Gasteiger partial charge in [-0.2, -0.15) is 0 Å². The van der Waals surface area contributed by atoms with Crippen molar-refractivity contribution in [3.05, 3.63) is 48.6 Å². The molecule has 0 heterocycles. The monoisotopic (exact) mass is 201 g/mol. The third-order valence-corrected chi connectivity index (χ3v) is 3.38. The van der Waals surface area contributed by atoms with Crippen LogP contribution in [0.4, 0.5) is 0 Å². The van der Waals surface area contributed by atoms with Crippen LogP contribution >= 0.6 is 0 Å². The maximum absolute atomic E-state index is 3.82. The summed E-state index contributed by atoms with van der Waals surface area (Å²) in [5.74, 6) is 1.57. The fourth-order valence-corrected chi connectivity index (χ4v) is 2.43. The van der Waals surface area contributed by atoms with E-state index in [2.05, 4.69) is 49.3 Å². The van der Waals surface area contributed by atoms with Gasteiger partial charge in [0.2, 0.25) is 0 Å². The smallest absolute Gasteiger partial charge is 0.0133 e. The molecule has 2 rings (SSSR count). The van der Waals surface area contributed by atoms with Crippen LogP contribution in [0.3, 0.4) is 0 Å². The van der Waals surface area contributed by atoms with Crippen LogP contribution in [0.2, 0.25) is 0 Å². The van der Waals surface area contributed by atoms with Crippen LogP contribution < -0.4 is 5.32 Å². The van der Waals surface area contributed by atoms with Crippen molar-refractivity contribution in [3.8, 4) is 0 Å². The molecule has 0 radical (unpaired) electrons. The van der Waals surface area contributed by atoms with Gasteiger partial charge in [0.15, 0.2) is 0 Å². The molecule has 1 aliphatic rings. The van der Waals surface area contributed by atoms with Gasteiger partial charge in [-0.25, -0.2) is 0 Å². The molecule has 1 saturated carbocycles. The molecular weight excluding hydrogens is 182 g/mol. The van der Waals surface area contributed by atoms with E-state index in [0.717, 1.165) is 18.3 Å². The maximum Gasteiger partial charge on any atom is 0.0133 e. The zero-order valence-electron chi connectivity index (χ0n) is 9.32. The van der Waals surface area contributed by atoms with Crippen molar-refractivity contribution in [1.29, 1.82) is 0 Å². The Morgan fingerprint density at radius 1 is 1.47 bits per heavy atom. The first-order chi connectivity index (χ1) is 7.36. The van der Waals surface area contributed by atoms with E-state index in [4.69, 9.17) is 0 Å². The standard InChI is InChI=1S/C14H19N/c1-3-7-14(15-2)13-10-12(13)11-8-5-4-6-9-11/h3-6,8-9,12-15H,1,7,10H2,2H3. The maximum atomic E-state index is 3.82. The zero-order valence-corrected chi connectivity index (χ0v) is 9.32. The van der Waals surface area contributed by atoms with E-state index < -0.39 is 0 Å². The lowest BCUT2D eigenvalue weighted by Gasteiger charge is -2.13. The molecule has 0 amide bonds. The van der Waals surface area contributed by atoms with E-state index in [-0.39, 0.29) is 0 Å². The molecule has 1 heteroatoms. The van der Waals surface area contributed by atoms with Gasteiger partial charge in [0, 0.05) is 6.04 Å². The number of benzene rings is 1. The van der Waals surface area contributed by atoms with E-state index in [1.165, 1.54) is 12.0 Å². The first kappa shape index (κ1) is 10.4. The second kappa shape index (κ2) is 4.63. The molecule has 0 aliphatic heterocycles. The third-order valence-electron chi connectivity index (χ3n) is 3.38. The van der Waals surface area contributed by atoms with Crippen LogP contribution in [0, 0.1) is 5.92 Å². The van der Waals surface area contributed by atoms with Gasteiger partial charge in [0.05, 0.1) is 0 Å². The molecule has 1 fully saturated rings. The molecule has 0 bridgehead atoms. The van der Waals surface area contributed by atoms with Crippen molar-refractivity contribution in [1.82, 2.24) is 5.32 Å². The molecule has 0 saturated heterocycles. The van der Waals surface area contributed by atoms with Crippen molar-refractivity contribution < 1.29 is 0 Å². The summed E-state index contributed by atoms with van der Waals surface area (Å²) in [6.45, 7) is 3.82. The topological polar surface area (TPSA) is 12.0 Å². The van der Waals surface area contributed by atoms with Gasteiger partial charge in [-0.05, 0) is 37.3 Å². The molecule has 0 aromatic heterocycles. The van der Waals surface area contributed by atoms with Crippen molar-refractivity contribution in [2.24, 2.45) is 5.92 Å². The third kappa shape index (κ3) is 2.29. The summed E-state index contributed by atoms with van der Waals surface area (Å²) in [5.41, 5.74) is 1.49. The van der Waals surface area contributed by atoms with Crippen LogP contribution in [-0.4, -0.2) is 13.1 Å². The van der Waals surface area contributed by atoms with Crippen LogP contribution in [-0.2, 0) is 0 Å². The summed E-state index contributed by atoms with van der Waals surface area (Å²) in [6, 6.07) is 11.4. The highest BCUT2D eigenvalue weighted by Gasteiger charge is 2.42. The average molecular weight is 201 g/mol. The minimum atomic E-state index is 0.604. The summed E-state index contributed by atoms with van der Waals surface area (Å²) in [7, 11) is 2.05. The first-order valence-electron chi connectivity index (χ1n) is 5.70. The normalized spacial score (nSPS) is 25.9. The van der Waals surface area contributed by atoms with E-state index in [0.29, 0.717) is 6.04 Å². The fraction of sp³-hybridized carbons (Fsp3) is 0.429. The molecule has 1 aromatic carbocycles. The van der Waals surface area contributed by atoms with E-state index >= 15 is 0 Å². The second-order valence-corrected chi connectivity index (χ2v) is 4.34. The molecule has 1 N–H and O–H groups in total. The lowest BCUT2D eigenvalue weighted by atomic mass is 10.0. The Kier molecular flexibility index (Phi) is 3.22. The van der Waals surface area contributed by atoms with Crippen molar-refractivity contribution in [2.75, 3.05) is 7.05 Å². The van der Waals surface area contributed by atoms with Gasteiger partial charge < -0.3 is 5.32 Å². The Bertz CT molecular complexity index is 317. The first-order valence-corrected chi connectivity index (χ1v) is 5.70. The highest BCUT2D eigenvalue weighted by atomic mass is 14.9. The van der Waals surface area contributed by atoms with Crippen LogP contribution in [0.5, 0.6) is 0 Å². The number of rotatable bonds is 5. The summed E-state index contributed by atoms with van der Waals surface area (Å²) in [4.78, 5) is 0. The predicted octanol–water partition coefficient (Wildman–Crippen LogP) is 2.95. The van der Waals surface area contributed by atoms with Gasteiger partial charge in [-0.1, -0.05) is 36.4 Å². The molecule has 3 atom stereocenters. The number of hydrogen-bond acceptors (Lipinski definition) is 1. The van der Waals surface area contributed by atoms with E-state index in [1.54, 1.807) is 0 Å². The van der Waals surface area contributed by atoms with Crippen LogP contribution in [0.1, 0.15) is 24.3 Å². The second-order valence-electron chi connectivity index (χ2n) is 4.34. The summed E-state index contributed by atoms with van der Waals surface area (Å²) >= 11 is 0.